The fourth-order valence-corrected chi connectivity index (χ4v) is 3.30. The molecular weight excluding hydrogens is 380 g/mol. The van der Waals surface area contributed by atoms with Gasteiger partial charge in [-0.05, 0) is 35.5 Å². The number of hydrogen-bond acceptors (Lipinski definition) is 5. The van der Waals surface area contributed by atoms with Crippen molar-refractivity contribution in [2.45, 2.75) is 0 Å². The van der Waals surface area contributed by atoms with Crippen molar-refractivity contribution < 1.29 is 14.3 Å². The van der Waals surface area contributed by atoms with Gasteiger partial charge in [-0.25, -0.2) is 0 Å². The van der Waals surface area contributed by atoms with E-state index < -0.39 is 0 Å². The van der Waals surface area contributed by atoms with E-state index in [1.54, 1.807) is 39.4 Å². The SMILES string of the molecule is C#CCOc1cc(Br)c(/C=C2/SC(=NC)N(C)C2=O)cc1OC. The highest BCUT2D eigenvalue weighted by Gasteiger charge is 2.30. The van der Waals surface area contributed by atoms with Crippen LogP contribution in [-0.2, 0) is 4.79 Å². The maximum absolute atomic E-state index is 12.2. The molecule has 1 aliphatic heterocycles. The lowest BCUT2D eigenvalue weighted by Gasteiger charge is -2.11. The van der Waals surface area contributed by atoms with Crippen molar-refractivity contribution in [1.29, 1.82) is 0 Å². The quantitative estimate of drug-likeness (QED) is 0.581. The van der Waals surface area contributed by atoms with Gasteiger partial charge in [-0.3, -0.25) is 14.7 Å². The molecule has 0 saturated carbocycles. The predicted molar refractivity (Wildman–Crippen MR) is 96.7 cm³/mol. The number of aliphatic imine (C=N–C) groups is 1. The lowest BCUT2D eigenvalue weighted by molar-refractivity contribution is -0.121. The van der Waals surface area contributed by atoms with Crippen LogP contribution in [0.3, 0.4) is 0 Å². The molecule has 0 bridgehead atoms. The highest BCUT2D eigenvalue weighted by molar-refractivity contribution is 9.10. The number of nitrogens with zero attached hydrogens (tertiary/aromatic N) is 2. The van der Waals surface area contributed by atoms with Crippen LogP contribution in [0.25, 0.3) is 6.08 Å². The van der Waals surface area contributed by atoms with Gasteiger partial charge in [-0.15, -0.1) is 6.42 Å². The molecule has 1 amide bonds. The summed E-state index contributed by atoms with van der Waals surface area (Å²) in [5.74, 6) is 3.41. The second-order valence-electron chi connectivity index (χ2n) is 4.50. The van der Waals surface area contributed by atoms with Crippen molar-refractivity contribution in [2.24, 2.45) is 4.99 Å². The first-order chi connectivity index (χ1) is 11.0. The van der Waals surface area contributed by atoms with Crippen LogP contribution in [0.2, 0.25) is 0 Å². The normalized spacial score (nSPS) is 17.7. The van der Waals surface area contributed by atoms with Gasteiger partial charge in [-0.2, -0.15) is 0 Å². The van der Waals surface area contributed by atoms with Crippen molar-refractivity contribution in [3.63, 3.8) is 0 Å². The molecule has 120 valence electrons. The van der Waals surface area contributed by atoms with Crippen molar-refractivity contribution in [3.05, 3.63) is 27.1 Å². The van der Waals surface area contributed by atoms with E-state index in [-0.39, 0.29) is 12.5 Å². The summed E-state index contributed by atoms with van der Waals surface area (Å²) in [6.07, 6.45) is 7.00. The minimum Gasteiger partial charge on any atom is -0.493 e. The molecule has 0 aliphatic carbocycles. The minimum atomic E-state index is -0.0888. The van der Waals surface area contributed by atoms with Gasteiger partial charge in [0.05, 0.1) is 12.0 Å². The lowest BCUT2D eigenvalue weighted by atomic mass is 10.2. The molecule has 0 atom stereocenters. The van der Waals surface area contributed by atoms with Gasteiger partial charge in [0.25, 0.3) is 5.91 Å². The molecular formula is C16H15BrN2O3S. The van der Waals surface area contributed by atoms with Gasteiger partial charge in [0.1, 0.15) is 6.61 Å². The smallest absolute Gasteiger partial charge is 0.266 e. The molecule has 23 heavy (non-hydrogen) atoms. The zero-order chi connectivity index (χ0) is 17.0. The molecule has 0 unspecified atom stereocenters. The number of carbonyl (C=O) groups excluding carboxylic acids is 1. The molecule has 1 heterocycles. The molecule has 1 saturated heterocycles. The number of methoxy groups -OCH3 is 1. The maximum Gasteiger partial charge on any atom is 0.266 e. The van der Waals surface area contributed by atoms with E-state index in [2.05, 4.69) is 26.8 Å². The number of halogens is 1. The van der Waals surface area contributed by atoms with Crippen LogP contribution >= 0.6 is 27.7 Å². The van der Waals surface area contributed by atoms with E-state index in [4.69, 9.17) is 15.9 Å². The maximum atomic E-state index is 12.2. The second-order valence-corrected chi connectivity index (χ2v) is 6.36. The van der Waals surface area contributed by atoms with Crippen LogP contribution in [0.1, 0.15) is 5.56 Å². The fourth-order valence-electron chi connectivity index (χ4n) is 1.94. The van der Waals surface area contributed by atoms with E-state index in [1.165, 1.54) is 16.7 Å². The molecule has 2 rings (SSSR count). The Balaban J connectivity index is 2.39. The molecule has 0 radical (unpaired) electrons. The number of hydrogen-bond donors (Lipinski definition) is 0. The minimum absolute atomic E-state index is 0.0888. The van der Waals surface area contributed by atoms with Crippen LogP contribution in [-0.4, -0.2) is 43.8 Å². The van der Waals surface area contributed by atoms with E-state index >= 15 is 0 Å². The summed E-state index contributed by atoms with van der Waals surface area (Å²) in [6.45, 7) is 0.151. The number of amidine groups is 1. The topological polar surface area (TPSA) is 51.1 Å². The zero-order valence-corrected chi connectivity index (χ0v) is 15.3. The van der Waals surface area contributed by atoms with Crippen molar-refractivity contribution in [2.75, 3.05) is 27.8 Å². The Labute approximate surface area is 147 Å². The molecule has 1 fully saturated rings. The van der Waals surface area contributed by atoms with Crippen molar-refractivity contribution in [1.82, 2.24) is 4.90 Å². The first-order valence-electron chi connectivity index (χ1n) is 6.60. The number of rotatable bonds is 4. The van der Waals surface area contributed by atoms with Gasteiger partial charge in [0.2, 0.25) is 0 Å². The van der Waals surface area contributed by atoms with Crippen LogP contribution in [0.5, 0.6) is 11.5 Å². The molecule has 7 heteroatoms. The van der Waals surface area contributed by atoms with E-state index in [9.17, 15) is 4.79 Å². The van der Waals surface area contributed by atoms with Crippen LogP contribution in [0.4, 0.5) is 0 Å². The Morgan fingerprint density at radius 3 is 2.78 bits per heavy atom. The van der Waals surface area contributed by atoms with Crippen molar-refractivity contribution >= 4 is 44.8 Å². The second kappa shape index (κ2) is 7.57. The van der Waals surface area contributed by atoms with E-state index in [0.717, 1.165) is 10.0 Å². The molecule has 0 N–H and O–H groups in total. The molecule has 1 aromatic carbocycles. The number of carbonyl (C=O) groups is 1. The Morgan fingerprint density at radius 1 is 1.48 bits per heavy atom. The van der Waals surface area contributed by atoms with Crippen LogP contribution < -0.4 is 9.47 Å². The van der Waals surface area contributed by atoms with Crippen LogP contribution in [0.15, 0.2) is 26.5 Å². The summed E-state index contributed by atoms with van der Waals surface area (Å²) < 4.78 is 11.5. The van der Waals surface area contributed by atoms with E-state index in [0.29, 0.717) is 21.6 Å². The largest absolute Gasteiger partial charge is 0.493 e. The van der Waals surface area contributed by atoms with Gasteiger partial charge in [0.15, 0.2) is 16.7 Å². The lowest BCUT2D eigenvalue weighted by Crippen LogP contribution is -2.23. The van der Waals surface area contributed by atoms with Gasteiger partial charge < -0.3 is 9.47 Å². The molecule has 5 nitrogen and oxygen atoms in total. The van der Waals surface area contributed by atoms with E-state index in [1.807, 2.05) is 0 Å². The summed E-state index contributed by atoms with van der Waals surface area (Å²) in [5, 5.41) is 0.665. The Hall–Kier alpha value is -1.91. The van der Waals surface area contributed by atoms with Crippen LogP contribution in [0, 0.1) is 12.3 Å². The Morgan fingerprint density at radius 2 is 2.22 bits per heavy atom. The summed E-state index contributed by atoms with van der Waals surface area (Å²) >= 11 is 4.81. The third-order valence-corrected chi connectivity index (χ3v) is 4.91. The molecule has 0 aromatic heterocycles. The van der Waals surface area contributed by atoms with Gasteiger partial charge in [0, 0.05) is 18.6 Å². The standard InChI is InChI=1S/C16H15BrN2O3S/c1-5-6-22-13-9-11(17)10(7-12(13)21-4)8-14-15(20)19(3)16(18-2)23-14/h1,7-9H,6H2,2-4H3/b14-8+,18-16?. The molecule has 1 aromatic rings. The Kier molecular flexibility index (Phi) is 5.74. The molecule has 0 spiro atoms. The predicted octanol–water partition coefficient (Wildman–Crippen LogP) is 3.00. The molecule has 1 aliphatic rings. The zero-order valence-electron chi connectivity index (χ0n) is 12.9. The number of benzene rings is 1. The number of likely N-dealkylation sites (N-methyl/N-ethyl adjacent to an activating group) is 1. The fraction of sp³-hybridized carbons (Fsp3) is 0.250. The average Bonchev–Trinajstić information content (AvgIpc) is 2.82. The summed E-state index contributed by atoms with van der Waals surface area (Å²) in [6, 6.07) is 3.56. The summed E-state index contributed by atoms with van der Waals surface area (Å²) in [5.41, 5.74) is 0.802. The highest BCUT2D eigenvalue weighted by Crippen LogP contribution is 2.37. The number of ether oxygens (including phenoxy) is 2. The summed E-state index contributed by atoms with van der Waals surface area (Å²) in [7, 11) is 4.91. The average molecular weight is 395 g/mol. The number of amides is 1. The first kappa shape index (κ1) is 17.4. The summed E-state index contributed by atoms with van der Waals surface area (Å²) in [4.78, 5) is 18.4. The first-order valence-corrected chi connectivity index (χ1v) is 8.21. The number of thioether (sulfide) groups is 1. The van der Waals surface area contributed by atoms with Crippen molar-refractivity contribution in [3.8, 4) is 23.8 Å². The third kappa shape index (κ3) is 3.71. The monoisotopic (exact) mass is 394 g/mol. The Bertz CT molecular complexity index is 738. The van der Waals surface area contributed by atoms with Gasteiger partial charge in [-0.1, -0.05) is 21.9 Å². The number of terminal acetylenes is 1. The van der Waals surface area contributed by atoms with Gasteiger partial charge >= 0.3 is 0 Å². The highest BCUT2D eigenvalue weighted by atomic mass is 79.9. The third-order valence-electron chi connectivity index (χ3n) is 3.08.